The first-order valence-electron chi connectivity index (χ1n) is 10.0. The molecule has 1 amide bonds. The minimum atomic E-state index is -0.653. The number of halogens is 2. The molecule has 2 aromatic carbocycles. The summed E-state index contributed by atoms with van der Waals surface area (Å²) in [6.45, 7) is 6.45. The van der Waals surface area contributed by atoms with Crippen LogP contribution in [0.25, 0.3) is 5.69 Å². The van der Waals surface area contributed by atoms with Crippen LogP contribution >= 0.6 is 0 Å². The molecule has 0 N–H and O–H groups in total. The lowest BCUT2D eigenvalue weighted by Gasteiger charge is -2.27. The fourth-order valence-corrected chi connectivity index (χ4v) is 3.61. The Kier molecular flexibility index (Phi) is 5.39. The van der Waals surface area contributed by atoms with E-state index in [0.717, 1.165) is 23.0 Å². The highest BCUT2D eigenvalue weighted by Crippen LogP contribution is 2.34. The van der Waals surface area contributed by atoms with Crippen molar-refractivity contribution in [2.45, 2.75) is 32.9 Å². The minimum absolute atomic E-state index is 0.307. The molecule has 1 aliphatic heterocycles. The maximum atomic E-state index is 13.9. The fraction of sp³-hybridized carbons (Fsp3) is 0.304. The van der Waals surface area contributed by atoms with Gasteiger partial charge in [-0.25, -0.2) is 18.6 Å². The van der Waals surface area contributed by atoms with E-state index >= 15 is 0 Å². The van der Waals surface area contributed by atoms with Crippen LogP contribution in [0.1, 0.15) is 26.3 Å². The standard InChI is InChI=1S/C23H24F2N4O2/c1-23(2,3)31-22(30)27-8-9-29(20-12-17(24)11-18(25)13-20)21-5-4-19(10-16(21)14-27)28-7-6-26-15-28/h4-7,10-13,15H,8-9,14H2,1-3H3. The lowest BCUT2D eigenvalue weighted by Crippen LogP contribution is -2.38. The molecule has 2 heterocycles. The van der Waals surface area contributed by atoms with E-state index in [0.29, 0.717) is 25.3 Å². The van der Waals surface area contributed by atoms with Crippen molar-refractivity contribution in [2.24, 2.45) is 0 Å². The quantitative estimate of drug-likeness (QED) is 0.576. The van der Waals surface area contributed by atoms with Crippen molar-refractivity contribution in [1.29, 1.82) is 0 Å². The van der Waals surface area contributed by atoms with Crippen molar-refractivity contribution in [2.75, 3.05) is 18.0 Å². The highest BCUT2D eigenvalue weighted by Gasteiger charge is 2.28. The van der Waals surface area contributed by atoms with Gasteiger partial charge in [0.05, 0.1) is 12.9 Å². The SMILES string of the molecule is CC(C)(C)OC(=O)N1CCN(c2cc(F)cc(F)c2)c2ccc(-n3ccnc3)cc2C1. The van der Waals surface area contributed by atoms with Crippen molar-refractivity contribution >= 4 is 17.5 Å². The molecule has 0 atom stereocenters. The largest absolute Gasteiger partial charge is 0.444 e. The normalized spacial score (nSPS) is 14.2. The number of carbonyl (C=O) groups is 1. The highest BCUT2D eigenvalue weighted by molar-refractivity contribution is 5.73. The van der Waals surface area contributed by atoms with E-state index in [2.05, 4.69) is 4.98 Å². The highest BCUT2D eigenvalue weighted by atomic mass is 19.1. The molecule has 0 fully saturated rings. The number of amides is 1. The summed E-state index contributed by atoms with van der Waals surface area (Å²) >= 11 is 0. The van der Waals surface area contributed by atoms with Crippen LogP contribution in [-0.4, -0.2) is 39.2 Å². The monoisotopic (exact) mass is 426 g/mol. The van der Waals surface area contributed by atoms with Gasteiger partial charge < -0.3 is 19.1 Å². The molecule has 6 nitrogen and oxygen atoms in total. The van der Waals surface area contributed by atoms with E-state index in [1.165, 1.54) is 12.1 Å². The molecule has 4 rings (SSSR count). The molecule has 0 unspecified atom stereocenters. The van der Waals surface area contributed by atoms with E-state index < -0.39 is 23.3 Å². The third-order valence-corrected chi connectivity index (χ3v) is 4.92. The van der Waals surface area contributed by atoms with Crippen LogP contribution < -0.4 is 4.90 Å². The third kappa shape index (κ3) is 4.68. The van der Waals surface area contributed by atoms with Crippen LogP contribution in [0.3, 0.4) is 0 Å². The topological polar surface area (TPSA) is 50.6 Å². The number of imidazole rings is 1. The van der Waals surface area contributed by atoms with E-state index in [4.69, 9.17) is 4.74 Å². The number of benzene rings is 2. The van der Waals surface area contributed by atoms with Gasteiger partial charge in [0.1, 0.15) is 17.2 Å². The maximum Gasteiger partial charge on any atom is 0.410 e. The van der Waals surface area contributed by atoms with Crippen molar-refractivity contribution in [3.05, 3.63) is 72.3 Å². The number of hydrogen-bond acceptors (Lipinski definition) is 4. The van der Waals surface area contributed by atoms with Gasteiger partial charge in [0, 0.05) is 48.6 Å². The third-order valence-electron chi connectivity index (χ3n) is 4.92. The van der Waals surface area contributed by atoms with Crippen molar-refractivity contribution in [1.82, 2.24) is 14.5 Å². The molecule has 1 aliphatic rings. The Morgan fingerprint density at radius 2 is 1.77 bits per heavy atom. The van der Waals surface area contributed by atoms with Gasteiger partial charge in [-0.05, 0) is 56.7 Å². The average molecular weight is 426 g/mol. The van der Waals surface area contributed by atoms with E-state index in [1.807, 2.05) is 54.6 Å². The van der Waals surface area contributed by atoms with Crippen molar-refractivity contribution in [3.8, 4) is 5.69 Å². The van der Waals surface area contributed by atoms with Gasteiger partial charge in [-0.15, -0.1) is 0 Å². The number of nitrogens with zero attached hydrogens (tertiary/aromatic N) is 4. The van der Waals surface area contributed by atoms with Crippen LogP contribution in [0.15, 0.2) is 55.1 Å². The van der Waals surface area contributed by atoms with Gasteiger partial charge in [-0.3, -0.25) is 0 Å². The zero-order valence-electron chi connectivity index (χ0n) is 17.7. The predicted molar refractivity (Wildman–Crippen MR) is 114 cm³/mol. The number of ether oxygens (including phenoxy) is 1. The molecule has 3 aromatic rings. The molecule has 0 bridgehead atoms. The van der Waals surface area contributed by atoms with Crippen molar-refractivity contribution in [3.63, 3.8) is 0 Å². The van der Waals surface area contributed by atoms with Crippen LogP contribution in [0.2, 0.25) is 0 Å². The van der Waals surface area contributed by atoms with Gasteiger partial charge in [0.2, 0.25) is 0 Å². The van der Waals surface area contributed by atoms with Gasteiger partial charge in [0.15, 0.2) is 0 Å². The Balaban J connectivity index is 1.76. The molecule has 162 valence electrons. The maximum absolute atomic E-state index is 13.9. The molecule has 31 heavy (non-hydrogen) atoms. The molecular formula is C23H24F2N4O2. The lowest BCUT2D eigenvalue weighted by atomic mass is 10.1. The van der Waals surface area contributed by atoms with Gasteiger partial charge >= 0.3 is 6.09 Å². The average Bonchev–Trinajstić information content (AvgIpc) is 3.13. The van der Waals surface area contributed by atoms with Gasteiger partial charge in [-0.2, -0.15) is 0 Å². The van der Waals surface area contributed by atoms with Gasteiger partial charge in [-0.1, -0.05) is 0 Å². The number of fused-ring (bicyclic) bond motifs is 1. The summed E-state index contributed by atoms with van der Waals surface area (Å²) < 4.78 is 35.3. The summed E-state index contributed by atoms with van der Waals surface area (Å²) in [6.07, 6.45) is 4.76. The molecule has 1 aromatic heterocycles. The molecule has 0 saturated carbocycles. The summed E-state index contributed by atoms with van der Waals surface area (Å²) in [5, 5.41) is 0. The molecular weight excluding hydrogens is 402 g/mol. The van der Waals surface area contributed by atoms with Crippen LogP contribution in [0.4, 0.5) is 25.0 Å². The second-order valence-corrected chi connectivity index (χ2v) is 8.46. The molecule has 0 aliphatic carbocycles. The van der Waals surface area contributed by atoms with Crippen LogP contribution in [0, 0.1) is 11.6 Å². The van der Waals surface area contributed by atoms with Crippen LogP contribution in [-0.2, 0) is 11.3 Å². The first-order chi connectivity index (χ1) is 14.7. The summed E-state index contributed by atoms with van der Waals surface area (Å²) in [5.74, 6) is -1.31. The lowest BCUT2D eigenvalue weighted by molar-refractivity contribution is 0.0244. The van der Waals surface area contributed by atoms with E-state index in [-0.39, 0.29) is 0 Å². The Morgan fingerprint density at radius 3 is 2.42 bits per heavy atom. The van der Waals surface area contributed by atoms with Crippen molar-refractivity contribution < 1.29 is 18.3 Å². The predicted octanol–water partition coefficient (Wildman–Crippen LogP) is 5.04. The Morgan fingerprint density at radius 1 is 1.03 bits per heavy atom. The second kappa shape index (κ2) is 8.02. The molecule has 0 saturated heterocycles. The van der Waals surface area contributed by atoms with E-state index in [1.54, 1.807) is 17.4 Å². The fourth-order valence-electron chi connectivity index (χ4n) is 3.61. The number of hydrogen-bond donors (Lipinski definition) is 0. The van der Waals surface area contributed by atoms with Crippen LogP contribution in [0.5, 0.6) is 0 Å². The summed E-state index contributed by atoms with van der Waals surface area (Å²) in [6, 6.07) is 9.18. The zero-order valence-corrected chi connectivity index (χ0v) is 17.7. The Bertz CT molecular complexity index is 1070. The summed E-state index contributed by atoms with van der Waals surface area (Å²) in [4.78, 5) is 20.3. The van der Waals surface area contributed by atoms with Gasteiger partial charge in [0.25, 0.3) is 0 Å². The van der Waals surface area contributed by atoms with E-state index in [9.17, 15) is 13.6 Å². The Labute approximate surface area is 179 Å². The number of carbonyl (C=O) groups excluding carboxylic acids is 1. The first-order valence-corrected chi connectivity index (χ1v) is 10.0. The molecule has 0 spiro atoms. The summed E-state index contributed by atoms with van der Waals surface area (Å²) in [5.41, 5.74) is 2.24. The zero-order chi connectivity index (χ0) is 22.2. The minimum Gasteiger partial charge on any atom is -0.444 e. The first kappa shape index (κ1) is 20.8. The number of aromatic nitrogens is 2. The molecule has 8 heteroatoms. The smallest absolute Gasteiger partial charge is 0.410 e. The number of anilines is 2. The number of rotatable bonds is 2. The summed E-state index contributed by atoms with van der Waals surface area (Å²) in [7, 11) is 0. The Hall–Kier alpha value is -3.42. The second-order valence-electron chi connectivity index (χ2n) is 8.46. The molecule has 0 radical (unpaired) electrons.